The van der Waals surface area contributed by atoms with Crippen molar-refractivity contribution in [2.75, 3.05) is 0 Å². The summed E-state index contributed by atoms with van der Waals surface area (Å²) in [6, 6.07) is 0. The van der Waals surface area contributed by atoms with Gasteiger partial charge in [0.2, 0.25) is 0 Å². The lowest BCUT2D eigenvalue weighted by Crippen LogP contribution is -2.41. The number of hydrogen-bond donors (Lipinski definition) is 0. The summed E-state index contributed by atoms with van der Waals surface area (Å²) in [4.78, 5) is 0. The molecule has 0 aliphatic carbocycles. The SMILES string of the molecule is C=C/C(C)=C\C(=C)B1OC(C)(C)C(C)(C)O1. The van der Waals surface area contributed by atoms with Crippen LogP contribution < -0.4 is 0 Å². The van der Waals surface area contributed by atoms with Gasteiger partial charge in [0.25, 0.3) is 0 Å². The van der Waals surface area contributed by atoms with E-state index in [2.05, 4.69) is 13.2 Å². The molecule has 0 spiro atoms. The van der Waals surface area contributed by atoms with Crippen molar-refractivity contribution in [1.29, 1.82) is 0 Å². The molecule has 1 rings (SSSR count). The minimum Gasteiger partial charge on any atom is -0.399 e. The third kappa shape index (κ3) is 2.47. The predicted molar refractivity (Wildman–Crippen MR) is 69.2 cm³/mol. The minimum absolute atomic E-state index is 0.309. The lowest BCUT2D eigenvalue weighted by molar-refractivity contribution is 0.00578. The summed E-state index contributed by atoms with van der Waals surface area (Å²) < 4.78 is 11.7. The molecule has 0 bridgehead atoms. The molecule has 0 radical (unpaired) electrons. The van der Waals surface area contributed by atoms with Crippen LogP contribution in [0.3, 0.4) is 0 Å². The van der Waals surface area contributed by atoms with E-state index in [0.29, 0.717) is 0 Å². The summed E-state index contributed by atoms with van der Waals surface area (Å²) in [6.07, 6.45) is 3.73. The van der Waals surface area contributed by atoms with Gasteiger partial charge in [-0.1, -0.05) is 30.9 Å². The molecule has 0 aromatic rings. The molecule has 1 aliphatic heterocycles. The lowest BCUT2D eigenvalue weighted by Gasteiger charge is -2.32. The quantitative estimate of drug-likeness (QED) is 0.536. The van der Waals surface area contributed by atoms with Crippen molar-refractivity contribution in [3.63, 3.8) is 0 Å². The molecule has 1 saturated heterocycles. The van der Waals surface area contributed by atoms with Gasteiger partial charge in [0.15, 0.2) is 0 Å². The van der Waals surface area contributed by atoms with Crippen LogP contribution in [-0.2, 0) is 9.31 Å². The van der Waals surface area contributed by atoms with Gasteiger partial charge in [-0.25, -0.2) is 0 Å². The number of hydrogen-bond acceptors (Lipinski definition) is 2. The van der Waals surface area contributed by atoms with Crippen LogP contribution in [0.25, 0.3) is 0 Å². The zero-order valence-corrected chi connectivity index (χ0v) is 11.0. The first-order chi connectivity index (χ1) is 7.19. The molecule has 88 valence electrons. The highest BCUT2D eigenvalue weighted by Crippen LogP contribution is 2.38. The van der Waals surface area contributed by atoms with Crippen molar-refractivity contribution in [3.05, 3.63) is 36.4 Å². The van der Waals surface area contributed by atoms with Gasteiger partial charge in [0, 0.05) is 0 Å². The molecule has 0 unspecified atom stereocenters. The number of rotatable bonds is 3. The van der Waals surface area contributed by atoms with E-state index in [-0.39, 0.29) is 18.3 Å². The van der Waals surface area contributed by atoms with Crippen LogP contribution in [0.15, 0.2) is 36.4 Å². The van der Waals surface area contributed by atoms with Gasteiger partial charge in [-0.3, -0.25) is 0 Å². The van der Waals surface area contributed by atoms with E-state index >= 15 is 0 Å². The molecule has 0 amide bonds. The van der Waals surface area contributed by atoms with E-state index in [1.165, 1.54) is 0 Å². The Morgan fingerprint density at radius 2 is 1.56 bits per heavy atom. The first-order valence-corrected chi connectivity index (χ1v) is 5.55. The summed E-state index contributed by atoms with van der Waals surface area (Å²) in [5, 5.41) is 0. The molecule has 1 heterocycles. The predicted octanol–water partition coefficient (Wildman–Crippen LogP) is 3.31. The Labute approximate surface area is 99.2 Å². The lowest BCUT2D eigenvalue weighted by atomic mass is 9.78. The highest BCUT2D eigenvalue weighted by atomic mass is 16.7. The molecule has 1 fully saturated rings. The molecular formula is C13H21BO2. The van der Waals surface area contributed by atoms with Crippen LogP contribution in [0.2, 0.25) is 0 Å². The smallest absolute Gasteiger partial charge is 0.399 e. The van der Waals surface area contributed by atoms with Gasteiger partial charge in [0.1, 0.15) is 0 Å². The maximum atomic E-state index is 5.87. The average Bonchev–Trinajstić information content (AvgIpc) is 2.36. The van der Waals surface area contributed by atoms with Crippen molar-refractivity contribution < 1.29 is 9.31 Å². The second-order valence-corrected chi connectivity index (χ2v) is 5.26. The second-order valence-electron chi connectivity index (χ2n) is 5.26. The first kappa shape index (κ1) is 13.3. The van der Waals surface area contributed by atoms with Crippen LogP contribution in [0.5, 0.6) is 0 Å². The Bertz CT molecular complexity index is 324. The van der Waals surface area contributed by atoms with Crippen LogP contribution >= 0.6 is 0 Å². The van der Waals surface area contributed by atoms with Crippen LogP contribution in [-0.4, -0.2) is 18.3 Å². The van der Waals surface area contributed by atoms with E-state index in [9.17, 15) is 0 Å². The van der Waals surface area contributed by atoms with Crippen LogP contribution in [0.1, 0.15) is 34.6 Å². The maximum absolute atomic E-state index is 5.87. The summed E-state index contributed by atoms with van der Waals surface area (Å²) in [6.45, 7) is 17.8. The van der Waals surface area contributed by atoms with Crippen molar-refractivity contribution >= 4 is 7.12 Å². The molecule has 0 aromatic carbocycles. The molecule has 0 aromatic heterocycles. The van der Waals surface area contributed by atoms with E-state index in [0.717, 1.165) is 11.0 Å². The molecule has 2 nitrogen and oxygen atoms in total. The third-order valence-electron chi connectivity index (χ3n) is 3.29. The fourth-order valence-corrected chi connectivity index (χ4v) is 1.41. The number of allylic oxidation sites excluding steroid dienone is 4. The van der Waals surface area contributed by atoms with Gasteiger partial charge in [-0.05, 0) is 40.1 Å². The Balaban J connectivity index is 2.81. The topological polar surface area (TPSA) is 18.5 Å². The molecule has 0 saturated carbocycles. The Morgan fingerprint density at radius 1 is 1.12 bits per heavy atom. The van der Waals surface area contributed by atoms with Gasteiger partial charge >= 0.3 is 7.12 Å². The fourth-order valence-electron chi connectivity index (χ4n) is 1.41. The molecule has 0 N–H and O–H groups in total. The Morgan fingerprint density at radius 3 is 1.94 bits per heavy atom. The molecular weight excluding hydrogens is 199 g/mol. The van der Waals surface area contributed by atoms with E-state index in [1.54, 1.807) is 6.08 Å². The van der Waals surface area contributed by atoms with Crippen LogP contribution in [0.4, 0.5) is 0 Å². The highest BCUT2D eigenvalue weighted by Gasteiger charge is 2.51. The van der Waals surface area contributed by atoms with Crippen molar-refractivity contribution in [1.82, 2.24) is 0 Å². The largest absolute Gasteiger partial charge is 0.494 e. The Hall–Kier alpha value is -0.795. The summed E-state index contributed by atoms with van der Waals surface area (Å²) >= 11 is 0. The molecule has 0 atom stereocenters. The van der Waals surface area contributed by atoms with Gasteiger partial charge < -0.3 is 9.31 Å². The fraction of sp³-hybridized carbons (Fsp3) is 0.538. The third-order valence-corrected chi connectivity index (χ3v) is 3.29. The van der Waals surface area contributed by atoms with E-state index in [4.69, 9.17) is 9.31 Å². The summed E-state index contributed by atoms with van der Waals surface area (Å²) in [5.74, 6) is 0. The van der Waals surface area contributed by atoms with E-state index < -0.39 is 0 Å². The molecule has 1 aliphatic rings. The standard InChI is InChI=1S/C13H21BO2/c1-8-10(2)9-11(3)14-15-12(4,5)13(6,7)16-14/h8-9H,1,3H2,2,4-7H3/b10-9-. The van der Waals surface area contributed by atoms with Crippen molar-refractivity contribution in [2.45, 2.75) is 45.8 Å². The normalized spacial score (nSPS) is 23.3. The minimum atomic E-state index is -0.361. The van der Waals surface area contributed by atoms with Crippen LogP contribution in [0, 0.1) is 0 Å². The van der Waals surface area contributed by atoms with E-state index in [1.807, 2.05) is 40.7 Å². The zero-order chi connectivity index (χ0) is 12.6. The summed E-state index contributed by atoms with van der Waals surface area (Å²) in [7, 11) is -0.361. The monoisotopic (exact) mass is 220 g/mol. The first-order valence-electron chi connectivity index (χ1n) is 5.55. The Kier molecular flexibility index (Phi) is 3.51. The highest BCUT2D eigenvalue weighted by molar-refractivity contribution is 6.55. The van der Waals surface area contributed by atoms with Gasteiger partial charge in [0.05, 0.1) is 11.2 Å². The second kappa shape index (κ2) is 4.23. The van der Waals surface area contributed by atoms with Gasteiger partial charge in [-0.2, -0.15) is 0 Å². The average molecular weight is 220 g/mol. The summed E-state index contributed by atoms with van der Waals surface area (Å²) in [5.41, 5.74) is 1.27. The molecule has 16 heavy (non-hydrogen) atoms. The zero-order valence-electron chi connectivity index (χ0n) is 11.0. The van der Waals surface area contributed by atoms with Gasteiger partial charge in [-0.15, -0.1) is 0 Å². The molecule has 3 heteroatoms. The van der Waals surface area contributed by atoms with Crippen molar-refractivity contribution in [2.24, 2.45) is 0 Å². The maximum Gasteiger partial charge on any atom is 0.494 e. The van der Waals surface area contributed by atoms with Crippen molar-refractivity contribution in [3.8, 4) is 0 Å².